The number of aliphatic hydroxyl groups excluding tert-OH is 1. The van der Waals surface area contributed by atoms with Gasteiger partial charge in [0, 0.05) is 13.1 Å². The number of aromatic carboxylic acids is 1. The lowest BCUT2D eigenvalue weighted by molar-refractivity contribution is -0.132. The molecular weight excluding hydrogens is 240 g/mol. The Hall–Kier alpha value is -2.22. The van der Waals surface area contributed by atoms with Gasteiger partial charge in [0.2, 0.25) is 5.91 Å². The molecule has 0 radical (unpaired) electrons. The highest BCUT2D eigenvalue weighted by atomic mass is 16.4. The Morgan fingerprint density at radius 1 is 1.56 bits per heavy atom. The molecule has 0 bridgehead atoms. The summed E-state index contributed by atoms with van der Waals surface area (Å²) in [6.45, 7) is 3.72. The van der Waals surface area contributed by atoms with Gasteiger partial charge in [-0.15, -0.1) is 11.7 Å². The van der Waals surface area contributed by atoms with E-state index in [9.17, 15) is 9.59 Å². The van der Waals surface area contributed by atoms with Crippen LogP contribution in [0, 0.1) is 0 Å². The van der Waals surface area contributed by atoms with Gasteiger partial charge in [-0.2, -0.15) is 0 Å². The first-order valence-corrected chi connectivity index (χ1v) is 5.21. The van der Waals surface area contributed by atoms with Crippen LogP contribution >= 0.6 is 0 Å². The fourth-order valence-electron chi connectivity index (χ4n) is 1.31. The van der Waals surface area contributed by atoms with Crippen molar-refractivity contribution in [2.24, 2.45) is 0 Å². The summed E-state index contributed by atoms with van der Waals surface area (Å²) in [6, 6.07) is 0. The molecule has 0 saturated carbocycles. The lowest BCUT2D eigenvalue weighted by Crippen LogP contribution is -2.36. The quantitative estimate of drug-likeness (QED) is 0.603. The zero-order valence-corrected chi connectivity index (χ0v) is 9.69. The van der Waals surface area contributed by atoms with E-state index in [4.69, 9.17) is 10.2 Å². The zero-order valence-electron chi connectivity index (χ0n) is 9.69. The summed E-state index contributed by atoms with van der Waals surface area (Å²) in [5, 5.41) is 24.4. The third kappa shape index (κ3) is 3.67. The fourth-order valence-corrected chi connectivity index (χ4v) is 1.31. The van der Waals surface area contributed by atoms with Crippen LogP contribution in [0.25, 0.3) is 0 Å². The molecule has 0 atom stereocenters. The second-order valence-corrected chi connectivity index (χ2v) is 3.46. The first-order chi connectivity index (χ1) is 8.58. The van der Waals surface area contributed by atoms with Crippen LogP contribution in [-0.4, -0.2) is 61.7 Å². The maximum Gasteiger partial charge on any atom is 0.358 e. The average Bonchev–Trinajstić information content (AvgIpc) is 2.77. The molecule has 1 rings (SSSR count). The number of hydrogen-bond donors (Lipinski definition) is 2. The summed E-state index contributed by atoms with van der Waals surface area (Å²) in [7, 11) is 0. The number of rotatable bonds is 7. The van der Waals surface area contributed by atoms with Gasteiger partial charge in [0.05, 0.1) is 12.8 Å². The summed E-state index contributed by atoms with van der Waals surface area (Å²) in [5.41, 5.74) is -0.222. The van der Waals surface area contributed by atoms with Gasteiger partial charge >= 0.3 is 5.97 Å². The van der Waals surface area contributed by atoms with Crippen molar-refractivity contribution in [2.45, 2.75) is 6.54 Å². The maximum absolute atomic E-state index is 11.8. The standard InChI is InChI=1S/C10H14N4O4/c1-2-3-13(4-5-15)9(16)7-14-6-8(10(17)18)11-12-14/h2,6,15H,1,3-5,7H2,(H,17,18). The van der Waals surface area contributed by atoms with Crippen molar-refractivity contribution in [1.82, 2.24) is 19.9 Å². The van der Waals surface area contributed by atoms with Crippen LogP contribution in [0.3, 0.4) is 0 Å². The molecule has 1 amide bonds. The van der Waals surface area contributed by atoms with E-state index in [0.717, 1.165) is 4.68 Å². The van der Waals surface area contributed by atoms with Crippen molar-refractivity contribution in [2.75, 3.05) is 19.7 Å². The number of amides is 1. The SMILES string of the molecule is C=CCN(CCO)C(=O)Cn1cc(C(=O)O)nn1. The van der Waals surface area contributed by atoms with Gasteiger partial charge in [-0.1, -0.05) is 11.3 Å². The molecule has 8 nitrogen and oxygen atoms in total. The summed E-state index contributed by atoms with van der Waals surface area (Å²) in [4.78, 5) is 23.8. The van der Waals surface area contributed by atoms with E-state index in [1.807, 2.05) is 0 Å². The minimum atomic E-state index is -1.20. The summed E-state index contributed by atoms with van der Waals surface area (Å²) < 4.78 is 1.14. The van der Waals surface area contributed by atoms with Gasteiger partial charge in [-0.05, 0) is 0 Å². The van der Waals surface area contributed by atoms with Crippen molar-refractivity contribution >= 4 is 11.9 Å². The topological polar surface area (TPSA) is 109 Å². The molecule has 0 fully saturated rings. The maximum atomic E-state index is 11.8. The smallest absolute Gasteiger partial charge is 0.358 e. The predicted molar refractivity (Wildman–Crippen MR) is 60.8 cm³/mol. The van der Waals surface area contributed by atoms with Crippen LogP contribution in [0.15, 0.2) is 18.9 Å². The van der Waals surface area contributed by atoms with Crippen molar-refractivity contribution < 1.29 is 19.8 Å². The van der Waals surface area contributed by atoms with Crippen LogP contribution < -0.4 is 0 Å². The minimum Gasteiger partial charge on any atom is -0.476 e. The van der Waals surface area contributed by atoms with Crippen molar-refractivity contribution in [3.05, 3.63) is 24.5 Å². The lowest BCUT2D eigenvalue weighted by atomic mass is 10.4. The largest absolute Gasteiger partial charge is 0.476 e. The highest BCUT2D eigenvalue weighted by Gasteiger charge is 2.14. The van der Waals surface area contributed by atoms with Gasteiger partial charge in [0.1, 0.15) is 6.54 Å². The Kier molecular flexibility index (Phi) is 5.00. The molecule has 18 heavy (non-hydrogen) atoms. The van der Waals surface area contributed by atoms with Crippen molar-refractivity contribution in [3.8, 4) is 0 Å². The number of aromatic nitrogens is 3. The Bertz CT molecular complexity index is 443. The molecule has 1 aromatic rings. The van der Waals surface area contributed by atoms with Gasteiger partial charge in [-0.3, -0.25) is 4.79 Å². The Labute approximate surface area is 103 Å². The van der Waals surface area contributed by atoms with Gasteiger partial charge < -0.3 is 15.1 Å². The Morgan fingerprint density at radius 2 is 2.28 bits per heavy atom. The summed E-state index contributed by atoms with van der Waals surface area (Å²) in [5.74, 6) is -1.50. The monoisotopic (exact) mass is 254 g/mol. The number of carboxylic acids is 1. The Balaban J connectivity index is 2.66. The summed E-state index contributed by atoms with van der Waals surface area (Å²) >= 11 is 0. The number of carbonyl (C=O) groups is 2. The van der Waals surface area contributed by atoms with Gasteiger partial charge in [0.25, 0.3) is 0 Å². The van der Waals surface area contributed by atoms with E-state index in [1.165, 1.54) is 17.2 Å². The molecule has 1 aromatic heterocycles. The molecule has 98 valence electrons. The lowest BCUT2D eigenvalue weighted by Gasteiger charge is -2.19. The van der Waals surface area contributed by atoms with E-state index in [1.54, 1.807) is 0 Å². The fraction of sp³-hybridized carbons (Fsp3) is 0.400. The van der Waals surface area contributed by atoms with E-state index in [-0.39, 0.29) is 31.3 Å². The average molecular weight is 254 g/mol. The van der Waals surface area contributed by atoms with E-state index in [0.29, 0.717) is 6.54 Å². The van der Waals surface area contributed by atoms with E-state index < -0.39 is 5.97 Å². The van der Waals surface area contributed by atoms with Crippen LogP contribution in [0.4, 0.5) is 0 Å². The molecule has 0 aliphatic carbocycles. The van der Waals surface area contributed by atoms with Crippen molar-refractivity contribution in [3.63, 3.8) is 0 Å². The van der Waals surface area contributed by atoms with Crippen LogP contribution in [-0.2, 0) is 11.3 Å². The number of hydrogen-bond acceptors (Lipinski definition) is 5. The third-order valence-corrected chi connectivity index (χ3v) is 2.13. The molecule has 2 N–H and O–H groups in total. The van der Waals surface area contributed by atoms with E-state index in [2.05, 4.69) is 16.9 Å². The molecule has 0 spiro atoms. The van der Waals surface area contributed by atoms with Crippen LogP contribution in [0.5, 0.6) is 0 Å². The molecule has 0 aliphatic rings. The number of aliphatic hydroxyl groups is 1. The number of carbonyl (C=O) groups excluding carboxylic acids is 1. The first-order valence-electron chi connectivity index (χ1n) is 5.21. The first kappa shape index (κ1) is 13.8. The van der Waals surface area contributed by atoms with E-state index >= 15 is 0 Å². The van der Waals surface area contributed by atoms with Crippen LogP contribution in [0.1, 0.15) is 10.5 Å². The molecule has 1 heterocycles. The molecule has 0 saturated heterocycles. The zero-order chi connectivity index (χ0) is 13.5. The second kappa shape index (κ2) is 6.50. The molecular formula is C10H14N4O4. The van der Waals surface area contributed by atoms with Crippen molar-refractivity contribution in [1.29, 1.82) is 0 Å². The predicted octanol–water partition coefficient (Wildman–Crippen LogP) is -1.02. The summed E-state index contributed by atoms with van der Waals surface area (Å²) in [6.07, 6.45) is 2.71. The molecule has 0 aliphatic heterocycles. The number of carboxylic acid groups (broad SMARTS) is 1. The second-order valence-electron chi connectivity index (χ2n) is 3.46. The van der Waals surface area contributed by atoms with Crippen LogP contribution in [0.2, 0.25) is 0 Å². The van der Waals surface area contributed by atoms with Gasteiger partial charge in [0.15, 0.2) is 5.69 Å². The highest BCUT2D eigenvalue weighted by Crippen LogP contribution is 1.97. The molecule has 8 heteroatoms. The normalized spacial score (nSPS) is 10.1. The molecule has 0 aromatic carbocycles. The minimum absolute atomic E-state index is 0.131. The van der Waals surface area contributed by atoms with Gasteiger partial charge in [-0.25, -0.2) is 9.48 Å². The molecule has 0 unspecified atom stereocenters. The highest BCUT2D eigenvalue weighted by molar-refractivity contribution is 5.84. The third-order valence-electron chi connectivity index (χ3n) is 2.13. The number of nitrogens with zero attached hydrogens (tertiary/aromatic N) is 4. The Morgan fingerprint density at radius 3 is 2.78 bits per heavy atom.